The first-order chi connectivity index (χ1) is 13.9. The monoisotopic (exact) mass is 395 g/mol. The van der Waals surface area contributed by atoms with Gasteiger partial charge in [0.1, 0.15) is 23.6 Å². The number of ether oxygens (including phenoxy) is 2. The van der Waals surface area contributed by atoms with Crippen LogP contribution >= 0.6 is 0 Å². The van der Waals surface area contributed by atoms with Crippen molar-refractivity contribution in [2.75, 3.05) is 6.54 Å². The fourth-order valence-electron chi connectivity index (χ4n) is 2.52. The quantitative estimate of drug-likeness (QED) is 0.715. The number of amides is 2. The molecule has 0 bridgehead atoms. The van der Waals surface area contributed by atoms with Crippen molar-refractivity contribution < 1.29 is 19.1 Å². The Morgan fingerprint density at radius 3 is 2.24 bits per heavy atom. The zero-order valence-corrected chi connectivity index (χ0v) is 16.7. The lowest BCUT2D eigenvalue weighted by atomic mass is 10.0. The number of para-hydroxylation sites is 1. The number of nitrogens with zero attached hydrogens (tertiary/aromatic N) is 1. The molecule has 2 N–H and O–H groups in total. The Morgan fingerprint density at radius 2 is 1.66 bits per heavy atom. The van der Waals surface area contributed by atoms with Gasteiger partial charge in [0.25, 0.3) is 0 Å². The van der Waals surface area contributed by atoms with Crippen molar-refractivity contribution in [1.29, 1.82) is 5.26 Å². The van der Waals surface area contributed by atoms with Crippen molar-refractivity contribution in [3.05, 3.63) is 60.2 Å². The third kappa shape index (κ3) is 7.18. The maximum Gasteiger partial charge on any atom is 0.413 e. The van der Waals surface area contributed by atoms with Gasteiger partial charge in [-0.1, -0.05) is 32.0 Å². The van der Waals surface area contributed by atoms with Gasteiger partial charge in [-0.05, 0) is 49.2 Å². The smallest absolute Gasteiger partial charge is 0.413 e. The predicted molar refractivity (Wildman–Crippen MR) is 108 cm³/mol. The standard InChI is InChI=1S/C22H25N3O4/c1-15(2)20(25-22(27)29-18-7-5-4-6-8-18)21(26)24-14-16(3)28-19-11-9-17(13-23)10-12-19/h4-12,15-16,20H,14H2,1-3H3,(H,24,26)(H,25,27)/t16?,20-/m0/s1. The molecule has 2 atom stereocenters. The van der Waals surface area contributed by atoms with Crippen LogP contribution in [-0.2, 0) is 4.79 Å². The molecule has 0 aliphatic heterocycles. The van der Waals surface area contributed by atoms with Crippen molar-refractivity contribution in [2.45, 2.75) is 32.9 Å². The summed E-state index contributed by atoms with van der Waals surface area (Å²) in [5, 5.41) is 14.2. The highest BCUT2D eigenvalue weighted by atomic mass is 16.6. The number of rotatable bonds is 8. The van der Waals surface area contributed by atoms with Crippen LogP contribution in [0.3, 0.4) is 0 Å². The lowest BCUT2D eigenvalue weighted by Crippen LogP contribution is -2.51. The highest BCUT2D eigenvalue weighted by Crippen LogP contribution is 2.13. The van der Waals surface area contributed by atoms with E-state index in [2.05, 4.69) is 10.6 Å². The Bertz CT molecular complexity index is 845. The fraction of sp³-hybridized carbons (Fsp3) is 0.318. The van der Waals surface area contributed by atoms with E-state index in [0.717, 1.165) is 0 Å². The minimum Gasteiger partial charge on any atom is -0.489 e. The van der Waals surface area contributed by atoms with E-state index >= 15 is 0 Å². The Kier molecular flexibility index (Phi) is 8.04. The van der Waals surface area contributed by atoms with E-state index in [4.69, 9.17) is 14.7 Å². The molecule has 7 heteroatoms. The topological polar surface area (TPSA) is 100 Å². The molecule has 0 aliphatic rings. The molecule has 0 saturated carbocycles. The van der Waals surface area contributed by atoms with E-state index in [9.17, 15) is 9.59 Å². The van der Waals surface area contributed by atoms with Gasteiger partial charge in [0.15, 0.2) is 0 Å². The second kappa shape index (κ2) is 10.7. The van der Waals surface area contributed by atoms with E-state index < -0.39 is 12.1 Å². The normalized spacial score (nSPS) is 12.4. The molecule has 1 unspecified atom stereocenters. The molecule has 2 aromatic carbocycles. The second-order valence-corrected chi connectivity index (χ2v) is 6.88. The van der Waals surface area contributed by atoms with Crippen molar-refractivity contribution in [1.82, 2.24) is 10.6 Å². The van der Waals surface area contributed by atoms with Gasteiger partial charge in [0.2, 0.25) is 5.91 Å². The Labute approximate surface area is 170 Å². The number of benzene rings is 2. The maximum atomic E-state index is 12.5. The van der Waals surface area contributed by atoms with Crippen LogP contribution in [0.2, 0.25) is 0 Å². The number of carbonyl (C=O) groups excluding carboxylic acids is 2. The Balaban J connectivity index is 1.84. The number of nitriles is 1. The molecular formula is C22H25N3O4. The number of hydrogen-bond donors (Lipinski definition) is 2. The van der Waals surface area contributed by atoms with E-state index in [1.165, 1.54) is 0 Å². The van der Waals surface area contributed by atoms with Crippen LogP contribution in [0.1, 0.15) is 26.3 Å². The Morgan fingerprint density at radius 1 is 1.00 bits per heavy atom. The molecule has 7 nitrogen and oxygen atoms in total. The van der Waals surface area contributed by atoms with Crippen molar-refractivity contribution >= 4 is 12.0 Å². The van der Waals surface area contributed by atoms with Gasteiger partial charge in [-0.3, -0.25) is 4.79 Å². The average Bonchev–Trinajstić information content (AvgIpc) is 2.71. The summed E-state index contributed by atoms with van der Waals surface area (Å²) >= 11 is 0. The van der Waals surface area contributed by atoms with Crippen LogP contribution in [0.4, 0.5) is 4.79 Å². The van der Waals surface area contributed by atoms with Gasteiger partial charge < -0.3 is 20.1 Å². The predicted octanol–water partition coefficient (Wildman–Crippen LogP) is 3.25. The molecule has 2 aromatic rings. The zero-order valence-electron chi connectivity index (χ0n) is 16.7. The van der Waals surface area contributed by atoms with Crippen molar-refractivity contribution in [3.63, 3.8) is 0 Å². The average molecular weight is 395 g/mol. The van der Waals surface area contributed by atoms with E-state index in [-0.39, 0.29) is 24.5 Å². The van der Waals surface area contributed by atoms with Gasteiger partial charge in [-0.15, -0.1) is 0 Å². The molecule has 0 saturated heterocycles. The lowest BCUT2D eigenvalue weighted by Gasteiger charge is -2.22. The molecule has 0 fully saturated rings. The summed E-state index contributed by atoms with van der Waals surface area (Å²) in [5.74, 6) is 0.557. The molecule has 0 radical (unpaired) electrons. The summed E-state index contributed by atoms with van der Waals surface area (Å²) in [5.41, 5.74) is 0.548. The third-order valence-electron chi connectivity index (χ3n) is 4.06. The van der Waals surface area contributed by atoms with Crippen LogP contribution in [0.15, 0.2) is 54.6 Å². The zero-order chi connectivity index (χ0) is 21.2. The first kappa shape index (κ1) is 21.8. The van der Waals surface area contributed by atoms with Crippen molar-refractivity contribution in [2.24, 2.45) is 5.92 Å². The lowest BCUT2D eigenvalue weighted by molar-refractivity contribution is -0.124. The minimum absolute atomic E-state index is 0.131. The van der Waals surface area contributed by atoms with Crippen LogP contribution in [-0.4, -0.2) is 30.7 Å². The first-order valence-corrected chi connectivity index (χ1v) is 9.37. The number of carbonyl (C=O) groups is 2. The molecule has 2 rings (SSSR count). The summed E-state index contributed by atoms with van der Waals surface area (Å²) in [7, 11) is 0. The summed E-state index contributed by atoms with van der Waals surface area (Å²) in [6.45, 7) is 5.75. The highest BCUT2D eigenvalue weighted by Gasteiger charge is 2.25. The summed E-state index contributed by atoms with van der Waals surface area (Å²) in [6, 6.07) is 16.7. The van der Waals surface area contributed by atoms with Gasteiger partial charge in [-0.25, -0.2) is 4.79 Å². The van der Waals surface area contributed by atoms with Gasteiger partial charge >= 0.3 is 6.09 Å². The van der Waals surface area contributed by atoms with Crippen LogP contribution in [0.5, 0.6) is 11.5 Å². The molecule has 0 aliphatic carbocycles. The number of nitrogens with one attached hydrogen (secondary N) is 2. The van der Waals surface area contributed by atoms with Crippen LogP contribution in [0, 0.1) is 17.2 Å². The largest absolute Gasteiger partial charge is 0.489 e. The molecule has 29 heavy (non-hydrogen) atoms. The van der Waals surface area contributed by atoms with Crippen LogP contribution < -0.4 is 20.1 Å². The SMILES string of the molecule is CC(CNC(=O)[C@@H](NC(=O)Oc1ccccc1)C(C)C)Oc1ccc(C#N)cc1. The maximum absolute atomic E-state index is 12.5. The second-order valence-electron chi connectivity index (χ2n) is 6.88. The van der Waals surface area contributed by atoms with Gasteiger partial charge in [-0.2, -0.15) is 5.26 Å². The van der Waals surface area contributed by atoms with Crippen molar-refractivity contribution in [3.8, 4) is 17.6 Å². The summed E-state index contributed by atoms with van der Waals surface area (Å²) in [6.07, 6.45) is -0.983. The molecular weight excluding hydrogens is 370 g/mol. The highest BCUT2D eigenvalue weighted by molar-refractivity contribution is 5.86. The summed E-state index contributed by atoms with van der Waals surface area (Å²) in [4.78, 5) is 24.6. The molecule has 0 spiro atoms. The van der Waals surface area contributed by atoms with Crippen LogP contribution in [0.25, 0.3) is 0 Å². The number of hydrogen-bond acceptors (Lipinski definition) is 5. The van der Waals surface area contributed by atoms with E-state index in [0.29, 0.717) is 17.1 Å². The fourth-order valence-corrected chi connectivity index (χ4v) is 2.52. The van der Waals surface area contributed by atoms with E-state index in [1.54, 1.807) is 48.5 Å². The third-order valence-corrected chi connectivity index (χ3v) is 4.06. The molecule has 0 heterocycles. The minimum atomic E-state index is -0.742. The molecule has 0 aromatic heterocycles. The summed E-state index contributed by atoms with van der Waals surface area (Å²) < 4.78 is 10.9. The van der Waals surface area contributed by atoms with Gasteiger partial charge in [0.05, 0.1) is 18.2 Å². The first-order valence-electron chi connectivity index (χ1n) is 9.37. The van der Waals surface area contributed by atoms with E-state index in [1.807, 2.05) is 32.9 Å². The molecule has 152 valence electrons. The van der Waals surface area contributed by atoms with Gasteiger partial charge in [0, 0.05) is 0 Å². The molecule has 2 amide bonds. The Hall–Kier alpha value is -3.53.